The van der Waals surface area contributed by atoms with Gasteiger partial charge in [0.1, 0.15) is 5.75 Å². The summed E-state index contributed by atoms with van der Waals surface area (Å²) in [6.07, 6.45) is 6.16. The van der Waals surface area contributed by atoms with Crippen LogP contribution in [-0.2, 0) is 24.5 Å². The van der Waals surface area contributed by atoms with Gasteiger partial charge in [-0.25, -0.2) is 0 Å². The zero-order valence-corrected chi connectivity index (χ0v) is 20.9. The van der Waals surface area contributed by atoms with E-state index in [0.29, 0.717) is 5.56 Å². The highest BCUT2D eigenvalue weighted by Gasteiger charge is 2.44. The number of hydrogen-bond donors (Lipinski definition) is 0. The van der Waals surface area contributed by atoms with Gasteiger partial charge >= 0.3 is 11.9 Å². The molecule has 35 heavy (non-hydrogen) atoms. The fraction of sp³-hybridized carbons (Fsp3) is 0.400. The number of esters is 2. The zero-order chi connectivity index (χ0) is 24.8. The first kappa shape index (κ1) is 23.4. The van der Waals surface area contributed by atoms with E-state index in [1.807, 2.05) is 18.2 Å². The quantitative estimate of drug-likeness (QED) is 0.314. The molecule has 0 unspecified atom stereocenters. The second-order valence-electron chi connectivity index (χ2n) is 10.5. The standard InChI is InChI=1S/C30H32O5/c1-29(2)34-27(31)26(28(32)35-29)23-11-10-19-16-20(8-9-21(19)17-23)22-12-13-25(33-4)24(18-22)30(3)14-6-5-7-15-30/h8-13,16-18,26H,5-7,14-15H2,1-4H3. The highest BCUT2D eigenvalue weighted by atomic mass is 16.7. The van der Waals surface area contributed by atoms with E-state index in [4.69, 9.17) is 14.2 Å². The van der Waals surface area contributed by atoms with Gasteiger partial charge in [-0.05, 0) is 70.0 Å². The fourth-order valence-electron chi connectivity index (χ4n) is 5.58. The Balaban J connectivity index is 1.48. The largest absolute Gasteiger partial charge is 0.496 e. The van der Waals surface area contributed by atoms with Crippen LogP contribution in [0.1, 0.15) is 69.9 Å². The predicted octanol–water partition coefficient (Wildman–Crippen LogP) is 6.66. The maximum Gasteiger partial charge on any atom is 0.328 e. The average Bonchev–Trinajstić information content (AvgIpc) is 2.82. The molecule has 1 saturated carbocycles. The van der Waals surface area contributed by atoms with Crippen LogP contribution >= 0.6 is 0 Å². The van der Waals surface area contributed by atoms with Gasteiger partial charge in [0.05, 0.1) is 7.11 Å². The van der Waals surface area contributed by atoms with Crippen molar-refractivity contribution < 1.29 is 23.8 Å². The topological polar surface area (TPSA) is 61.8 Å². The Labute approximate surface area is 206 Å². The van der Waals surface area contributed by atoms with Crippen LogP contribution in [-0.4, -0.2) is 24.8 Å². The number of benzene rings is 3. The van der Waals surface area contributed by atoms with E-state index in [2.05, 4.69) is 37.3 Å². The maximum absolute atomic E-state index is 12.5. The third-order valence-electron chi connectivity index (χ3n) is 7.50. The molecule has 1 aliphatic heterocycles. The summed E-state index contributed by atoms with van der Waals surface area (Å²) in [5, 5.41) is 1.98. The van der Waals surface area contributed by atoms with Crippen LogP contribution in [0.3, 0.4) is 0 Å². The molecule has 5 heteroatoms. The smallest absolute Gasteiger partial charge is 0.328 e. The summed E-state index contributed by atoms with van der Waals surface area (Å²) < 4.78 is 16.3. The summed E-state index contributed by atoms with van der Waals surface area (Å²) in [4.78, 5) is 25.0. The van der Waals surface area contributed by atoms with Gasteiger partial charge in [-0.2, -0.15) is 0 Å². The molecule has 0 aromatic heterocycles. The fourth-order valence-corrected chi connectivity index (χ4v) is 5.58. The predicted molar refractivity (Wildman–Crippen MR) is 135 cm³/mol. The van der Waals surface area contributed by atoms with Crippen molar-refractivity contribution >= 4 is 22.7 Å². The van der Waals surface area contributed by atoms with Crippen LogP contribution in [0.15, 0.2) is 54.6 Å². The number of ether oxygens (including phenoxy) is 3. The molecule has 2 aliphatic rings. The number of carbonyl (C=O) groups is 2. The summed E-state index contributed by atoms with van der Waals surface area (Å²) in [6.45, 7) is 5.47. The first-order valence-electron chi connectivity index (χ1n) is 12.4. The van der Waals surface area contributed by atoms with Crippen molar-refractivity contribution in [3.8, 4) is 16.9 Å². The second kappa shape index (κ2) is 8.71. The van der Waals surface area contributed by atoms with Gasteiger partial charge in [-0.15, -0.1) is 0 Å². The van der Waals surface area contributed by atoms with Crippen molar-refractivity contribution in [1.82, 2.24) is 0 Å². The van der Waals surface area contributed by atoms with Crippen LogP contribution < -0.4 is 4.74 Å². The molecule has 5 rings (SSSR count). The molecule has 5 nitrogen and oxygen atoms in total. The first-order valence-corrected chi connectivity index (χ1v) is 12.4. The molecule has 1 heterocycles. The number of rotatable bonds is 4. The van der Waals surface area contributed by atoms with E-state index in [1.165, 1.54) is 37.7 Å². The Hall–Kier alpha value is -3.34. The van der Waals surface area contributed by atoms with Crippen molar-refractivity contribution in [2.75, 3.05) is 7.11 Å². The lowest BCUT2D eigenvalue weighted by molar-refractivity contribution is -0.234. The third kappa shape index (κ3) is 4.40. The molecule has 1 saturated heterocycles. The molecular formula is C30H32O5. The molecule has 3 aromatic carbocycles. The van der Waals surface area contributed by atoms with Gasteiger partial charge in [0, 0.05) is 19.4 Å². The van der Waals surface area contributed by atoms with E-state index >= 15 is 0 Å². The van der Waals surface area contributed by atoms with Crippen LogP contribution in [0.2, 0.25) is 0 Å². The van der Waals surface area contributed by atoms with Crippen molar-refractivity contribution in [2.24, 2.45) is 0 Å². The Morgan fingerprint density at radius 1 is 0.771 bits per heavy atom. The average molecular weight is 473 g/mol. The number of methoxy groups -OCH3 is 1. The minimum absolute atomic E-state index is 0.128. The number of cyclic esters (lactones) is 2. The highest BCUT2D eigenvalue weighted by Crippen LogP contribution is 2.44. The van der Waals surface area contributed by atoms with Gasteiger partial charge in [-0.1, -0.05) is 56.5 Å². The highest BCUT2D eigenvalue weighted by molar-refractivity contribution is 6.03. The number of hydrogen-bond acceptors (Lipinski definition) is 5. The van der Waals surface area contributed by atoms with Gasteiger partial charge < -0.3 is 14.2 Å². The second-order valence-corrected chi connectivity index (χ2v) is 10.5. The van der Waals surface area contributed by atoms with Crippen molar-refractivity contribution in [3.63, 3.8) is 0 Å². The normalized spacial score (nSPS) is 19.8. The Morgan fingerprint density at radius 2 is 1.37 bits per heavy atom. The van der Waals surface area contributed by atoms with Gasteiger partial charge in [0.15, 0.2) is 5.92 Å². The zero-order valence-electron chi connectivity index (χ0n) is 20.9. The molecular weight excluding hydrogens is 440 g/mol. The van der Waals surface area contributed by atoms with Crippen LogP contribution in [0.4, 0.5) is 0 Å². The van der Waals surface area contributed by atoms with Crippen molar-refractivity contribution in [2.45, 2.75) is 70.0 Å². The van der Waals surface area contributed by atoms with Gasteiger partial charge in [0.2, 0.25) is 0 Å². The summed E-state index contributed by atoms with van der Waals surface area (Å²) in [5.41, 5.74) is 4.26. The lowest BCUT2D eigenvalue weighted by Crippen LogP contribution is -2.45. The van der Waals surface area contributed by atoms with Crippen molar-refractivity contribution in [1.29, 1.82) is 0 Å². The maximum atomic E-state index is 12.5. The summed E-state index contributed by atoms with van der Waals surface area (Å²) in [5.74, 6) is -2.50. The van der Waals surface area contributed by atoms with E-state index in [1.54, 1.807) is 27.0 Å². The lowest BCUT2D eigenvalue weighted by atomic mass is 9.70. The Morgan fingerprint density at radius 3 is 2.06 bits per heavy atom. The molecule has 0 spiro atoms. The van der Waals surface area contributed by atoms with Gasteiger partial charge in [-0.3, -0.25) is 9.59 Å². The number of fused-ring (bicyclic) bond motifs is 1. The molecule has 3 aromatic rings. The molecule has 2 fully saturated rings. The monoisotopic (exact) mass is 472 g/mol. The Bertz CT molecular complexity index is 1280. The molecule has 1 aliphatic carbocycles. The van der Waals surface area contributed by atoms with E-state index < -0.39 is 23.6 Å². The van der Waals surface area contributed by atoms with Gasteiger partial charge in [0.25, 0.3) is 5.79 Å². The summed E-state index contributed by atoms with van der Waals surface area (Å²) in [6, 6.07) is 18.4. The lowest BCUT2D eigenvalue weighted by Gasteiger charge is -2.35. The molecule has 0 bridgehead atoms. The third-order valence-corrected chi connectivity index (χ3v) is 7.50. The molecule has 0 amide bonds. The summed E-state index contributed by atoms with van der Waals surface area (Å²) >= 11 is 0. The van der Waals surface area contributed by atoms with E-state index in [9.17, 15) is 9.59 Å². The SMILES string of the molecule is COc1ccc(-c2ccc3cc(C4C(=O)OC(C)(C)OC4=O)ccc3c2)cc1C1(C)CCCCC1. The summed E-state index contributed by atoms with van der Waals surface area (Å²) in [7, 11) is 1.75. The molecule has 0 N–H and O–H groups in total. The van der Waals surface area contributed by atoms with Crippen LogP contribution in [0.25, 0.3) is 21.9 Å². The van der Waals surface area contributed by atoms with Crippen LogP contribution in [0.5, 0.6) is 5.75 Å². The van der Waals surface area contributed by atoms with E-state index in [0.717, 1.165) is 27.6 Å². The van der Waals surface area contributed by atoms with Crippen molar-refractivity contribution in [3.05, 3.63) is 65.7 Å². The van der Waals surface area contributed by atoms with E-state index in [-0.39, 0.29) is 5.41 Å². The molecule has 0 radical (unpaired) electrons. The van der Waals surface area contributed by atoms with Crippen LogP contribution in [0, 0.1) is 0 Å². The molecule has 0 atom stereocenters. The first-order chi connectivity index (χ1) is 16.7. The Kier molecular flexibility index (Phi) is 5.82. The minimum Gasteiger partial charge on any atom is -0.496 e. The molecule has 182 valence electrons. The minimum atomic E-state index is -1.23. The number of carbonyl (C=O) groups excluding carboxylic acids is 2.